The highest BCUT2D eigenvalue weighted by Crippen LogP contribution is 2.49. The van der Waals surface area contributed by atoms with Crippen LogP contribution in [-0.2, 0) is 0 Å². The van der Waals surface area contributed by atoms with Gasteiger partial charge in [0.15, 0.2) is 17.7 Å². The molecule has 5 rings (SSSR count). The Balaban J connectivity index is 1.59. The van der Waals surface area contributed by atoms with Crippen molar-refractivity contribution < 1.29 is 14.2 Å². The molecule has 3 aromatic rings. The van der Waals surface area contributed by atoms with E-state index in [9.17, 15) is 0 Å². The molecule has 5 nitrogen and oxygen atoms in total. The first-order valence-electron chi connectivity index (χ1n) is 9.58. The molecule has 0 radical (unpaired) electrons. The Labute approximate surface area is 170 Å². The molecule has 0 saturated heterocycles. The highest BCUT2D eigenvalue weighted by molar-refractivity contribution is 5.68. The molecule has 0 saturated carbocycles. The molecule has 2 aliphatic heterocycles. The quantitative estimate of drug-likeness (QED) is 0.704. The molecule has 29 heavy (non-hydrogen) atoms. The molecule has 0 aliphatic carbocycles. The Bertz CT molecular complexity index is 1050. The van der Waals surface area contributed by atoms with Crippen molar-refractivity contribution >= 4 is 5.70 Å². The minimum absolute atomic E-state index is 0.0242. The lowest BCUT2D eigenvalue weighted by Gasteiger charge is -2.39. The summed E-state index contributed by atoms with van der Waals surface area (Å²) in [7, 11) is 3.35. The standard InChI is InChI=1S/C24H22N2O3/c1-27-18-13-11-16(12-14-18)20-15-21-19-9-6-10-22(28-2)23(19)29-24(26(21)25-20)17-7-4-3-5-8-17/h3-15,21,24-25H,1-2H3/t21-,24+/m0/s1. The lowest BCUT2D eigenvalue weighted by molar-refractivity contribution is -0.0342. The first-order valence-corrected chi connectivity index (χ1v) is 9.58. The molecule has 2 heterocycles. The van der Waals surface area contributed by atoms with Crippen LogP contribution in [0.4, 0.5) is 0 Å². The van der Waals surface area contributed by atoms with Crippen molar-refractivity contribution in [3.8, 4) is 17.2 Å². The highest BCUT2D eigenvalue weighted by atomic mass is 16.5. The molecule has 0 bridgehead atoms. The van der Waals surface area contributed by atoms with E-state index in [0.29, 0.717) is 0 Å². The van der Waals surface area contributed by atoms with E-state index in [1.807, 2.05) is 42.5 Å². The van der Waals surface area contributed by atoms with Gasteiger partial charge in [-0.15, -0.1) is 0 Å². The van der Waals surface area contributed by atoms with E-state index in [4.69, 9.17) is 14.2 Å². The third-order valence-corrected chi connectivity index (χ3v) is 5.39. The SMILES string of the molecule is COc1ccc(C2=C[C@H]3c4cccc(OC)c4O[C@H](c4ccccc4)N3N2)cc1. The van der Waals surface area contributed by atoms with Crippen LogP contribution in [-0.4, -0.2) is 19.2 Å². The van der Waals surface area contributed by atoms with Crippen LogP contribution >= 0.6 is 0 Å². The summed E-state index contributed by atoms with van der Waals surface area (Å²) in [4.78, 5) is 0. The van der Waals surface area contributed by atoms with Crippen LogP contribution in [0, 0.1) is 0 Å². The summed E-state index contributed by atoms with van der Waals surface area (Å²) in [6.07, 6.45) is 1.95. The molecular weight excluding hydrogens is 364 g/mol. The largest absolute Gasteiger partial charge is 0.497 e. The Kier molecular flexibility index (Phi) is 4.37. The third-order valence-electron chi connectivity index (χ3n) is 5.39. The Morgan fingerprint density at radius 2 is 1.66 bits per heavy atom. The number of para-hydroxylation sites is 1. The van der Waals surface area contributed by atoms with Gasteiger partial charge in [-0.3, -0.25) is 0 Å². The van der Waals surface area contributed by atoms with Gasteiger partial charge < -0.3 is 19.6 Å². The number of nitrogens with one attached hydrogen (secondary N) is 1. The van der Waals surface area contributed by atoms with Crippen molar-refractivity contribution in [3.05, 3.63) is 95.6 Å². The fourth-order valence-electron chi connectivity index (χ4n) is 3.93. The van der Waals surface area contributed by atoms with Crippen LogP contribution in [0.2, 0.25) is 0 Å². The number of ether oxygens (including phenoxy) is 3. The summed E-state index contributed by atoms with van der Waals surface area (Å²) in [6, 6.07) is 24.3. The van der Waals surface area contributed by atoms with Gasteiger partial charge in [0.2, 0.25) is 0 Å². The second-order valence-electron chi connectivity index (χ2n) is 7.03. The molecule has 0 aromatic heterocycles. The summed E-state index contributed by atoms with van der Waals surface area (Å²) in [6.45, 7) is 0. The number of hydrogen-bond acceptors (Lipinski definition) is 5. The van der Waals surface area contributed by atoms with Gasteiger partial charge in [0.25, 0.3) is 0 Å². The molecule has 2 aliphatic rings. The van der Waals surface area contributed by atoms with Crippen LogP contribution in [0.5, 0.6) is 17.2 Å². The van der Waals surface area contributed by atoms with Crippen LogP contribution < -0.4 is 19.6 Å². The van der Waals surface area contributed by atoms with Gasteiger partial charge in [-0.05, 0) is 42.0 Å². The van der Waals surface area contributed by atoms with Crippen LogP contribution in [0.3, 0.4) is 0 Å². The summed E-state index contributed by atoms with van der Waals surface area (Å²) >= 11 is 0. The van der Waals surface area contributed by atoms with E-state index in [1.54, 1.807) is 14.2 Å². The number of benzene rings is 3. The van der Waals surface area contributed by atoms with Gasteiger partial charge in [0.05, 0.1) is 26.0 Å². The average molecular weight is 386 g/mol. The molecule has 0 amide bonds. The van der Waals surface area contributed by atoms with Gasteiger partial charge in [-0.2, -0.15) is 5.01 Å². The Morgan fingerprint density at radius 3 is 2.38 bits per heavy atom. The predicted molar refractivity (Wildman–Crippen MR) is 111 cm³/mol. The second kappa shape index (κ2) is 7.18. The number of nitrogens with zero attached hydrogens (tertiary/aromatic N) is 1. The zero-order valence-corrected chi connectivity index (χ0v) is 16.3. The Hall–Kier alpha value is -3.44. The number of rotatable bonds is 4. The fourth-order valence-corrected chi connectivity index (χ4v) is 3.93. The Morgan fingerprint density at radius 1 is 0.862 bits per heavy atom. The number of methoxy groups -OCH3 is 2. The fraction of sp³-hybridized carbons (Fsp3) is 0.167. The summed E-state index contributed by atoms with van der Waals surface area (Å²) in [5.41, 5.74) is 7.85. The maximum atomic E-state index is 6.46. The van der Waals surface area contributed by atoms with Gasteiger partial charge in [0.1, 0.15) is 5.75 Å². The molecule has 5 heteroatoms. The number of hydrogen-bond donors (Lipinski definition) is 1. The molecule has 0 spiro atoms. The summed E-state index contributed by atoms with van der Waals surface area (Å²) in [5, 5.41) is 2.15. The topological polar surface area (TPSA) is 43.0 Å². The zero-order valence-electron chi connectivity index (χ0n) is 16.3. The molecule has 0 unspecified atom stereocenters. The molecule has 3 aromatic carbocycles. The van der Waals surface area contributed by atoms with Gasteiger partial charge in [-0.1, -0.05) is 42.5 Å². The van der Waals surface area contributed by atoms with Crippen molar-refractivity contribution in [2.45, 2.75) is 12.3 Å². The maximum Gasteiger partial charge on any atom is 0.196 e. The maximum absolute atomic E-state index is 6.46. The molecule has 146 valence electrons. The lowest BCUT2D eigenvalue weighted by atomic mass is 10.00. The molecular formula is C24H22N2O3. The van der Waals surface area contributed by atoms with Crippen LogP contribution in [0.25, 0.3) is 5.70 Å². The van der Waals surface area contributed by atoms with Crippen molar-refractivity contribution in [2.75, 3.05) is 14.2 Å². The predicted octanol–water partition coefficient (Wildman–Crippen LogP) is 4.70. The van der Waals surface area contributed by atoms with E-state index in [-0.39, 0.29) is 12.3 Å². The normalized spacial score (nSPS) is 20.0. The van der Waals surface area contributed by atoms with E-state index in [1.165, 1.54) is 0 Å². The highest BCUT2D eigenvalue weighted by Gasteiger charge is 2.41. The monoisotopic (exact) mass is 386 g/mol. The molecule has 1 N–H and O–H groups in total. The zero-order chi connectivity index (χ0) is 19.8. The average Bonchev–Trinajstić information content (AvgIpc) is 3.24. The summed E-state index contributed by atoms with van der Waals surface area (Å²) < 4.78 is 17.3. The molecule has 2 atom stereocenters. The van der Waals surface area contributed by atoms with Gasteiger partial charge >= 0.3 is 0 Å². The smallest absolute Gasteiger partial charge is 0.196 e. The third kappa shape index (κ3) is 3.00. The van der Waals surface area contributed by atoms with E-state index >= 15 is 0 Å². The van der Waals surface area contributed by atoms with Gasteiger partial charge in [-0.25, -0.2) is 0 Å². The number of fused-ring (bicyclic) bond motifs is 3. The minimum atomic E-state index is -0.281. The molecule has 0 fully saturated rings. The van der Waals surface area contributed by atoms with Crippen molar-refractivity contribution in [1.82, 2.24) is 10.4 Å². The summed E-state index contributed by atoms with van der Waals surface area (Å²) in [5.74, 6) is 2.37. The van der Waals surface area contributed by atoms with Crippen molar-refractivity contribution in [3.63, 3.8) is 0 Å². The van der Waals surface area contributed by atoms with E-state index in [0.717, 1.165) is 39.6 Å². The van der Waals surface area contributed by atoms with E-state index in [2.05, 4.69) is 46.8 Å². The van der Waals surface area contributed by atoms with Crippen molar-refractivity contribution in [1.29, 1.82) is 0 Å². The van der Waals surface area contributed by atoms with Crippen LogP contribution in [0.15, 0.2) is 78.9 Å². The van der Waals surface area contributed by atoms with Crippen molar-refractivity contribution in [2.24, 2.45) is 0 Å². The minimum Gasteiger partial charge on any atom is -0.497 e. The van der Waals surface area contributed by atoms with Gasteiger partial charge in [0, 0.05) is 11.1 Å². The van der Waals surface area contributed by atoms with Crippen LogP contribution in [0.1, 0.15) is 29.0 Å². The number of hydrazine groups is 1. The first-order chi connectivity index (χ1) is 14.3. The first kappa shape index (κ1) is 17.6. The van der Waals surface area contributed by atoms with E-state index < -0.39 is 0 Å². The second-order valence-corrected chi connectivity index (χ2v) is 7.03. The lowest BCUT2D eigenvalue weighted by Crippen LogP contribution is -2.43.